The molecule has 0 fully saturated rings. The highest BCUT2D eigenvalue weighted by Gasteiger charge is 2.38. The van der Waals surface area contributed by atoms with E-state index in [-0.39, 0.29) is 11.3 Å². The van der Waals surface area contributed by atoms with Crippen LogP contribution in [0, 0.1) is 5.82 Å². The van der Waals surface area contributed by atoms with E-state index in [1.807, 2.05) is 50.1 Å². The van der Waals surface area contributed by atoms with E-state index in [2.05, 4.69) is 4.72 Å². The number of carbonyl (C=O) groups excluding carboxylic acids is 2. The smallest absolute Gasteiger partial charge is 0.338 e. The van der Waals surface area contributed by atoms with Crippen LogP contribution in [0.15, 0.2) is 83.4 Å². The van der Waals surface area contributed by atoms with Crippen molar-refractivity contribution in [1.82, 2.24) is 0 Å². The molecule has 1 aliphatic heterocycles. The SMILES string of the molecule is COc1ccc(NS(=O)(=O)c2cc(C(=O)OCC(=O)C=C3N(C)c4ccccc4C3(C)C)ccc2F)cc1. The number of benzene rings is 3. The molecule has 0 radical (unpaired) electrons. The fraction of sp³-hybridized carbons (Fsp3) is 0.214. The van der Waals surface area contributed by atoms with E-state index in [0.29, 0.717) is 5.75 Å². The Morgan fingerprint density at radius 1 is 1.05 bits per heavy atom. The monoisotopic (exact) mass is 538 g/mol. The number of allylic oxidation sites excluding steroid dienone is 1. The first kappa shape index (κ1) is 26.9. The maximum absolute atomic E-state index is 14.5. The number of sulfonamides is 1. The highest BCUT2D eigenvalue weighted by molar-refractivity contribution is 7.92. The van der Waals surface area contributed by atoms with Gasteiger partial charge < -0.3 is 14.4 Å². The van der Waals surface area contributed by atoms with Gasteiger partial charge >= 0.3 is 5.97 Å². The number of methoxy groups -OCH3 is 1. The third-order valence-electron chi connectivity index (χ3n) is 6.38. The number of fused-ring (bicyclic) bond motifs is 1. The number of halogens is 1. The summed E-state index contributed by atoms with van der Waals surface area (Å²) in [5, 5.41) is 0. The molecule has 1 aliphatic rings. The zero-order valence-electron chi connectivity index (χ0n) is 21.3. The molecular formula is C28H27FN2O6S. The van der Waals surface area contributed by atoms with E-state index in [1.54, 1.807) is 0 Å². The number of anilines is 2. The van der Waals surface area contributed by atoms with Crippen molar-refractivity contribution in [2.75, 3.05) is 30.4 Å². The van der Waals surface area contributed by atoms with Gasteiger partial charge in [-0.3, -0.25) is 9.52 Å². The minimum Gasteiger partial charge on any atom is -0.497 e. The summed E-state index contributed by atoms with van der Waals surface area (Å²) in [5.74, 6) is -1.94. The van der Waals surface area contributed by atoms with Gasteiger partial charge in [-0.15, -0.1) is 0 Å². The van der Waals surface area contributed by atoms with Crippen molar-refractivity contribution in [3.8, 4) is 5.75 Å². The van der Waals surface area contributed by atoms with Gasteiger partial charge in [0.15, 0.2) is 12.4 Å². The zero-order valence-corrected chi connectivity index (χ0v) is 22.1. The van der Waals surface area contributed by atoms with Crippen LogP contribution in [0.5, 0.6) is 5.75 Å². The fourth-order valence-corrected chi connectivity index (χ4v) is 5.54. The standard InChI is InChI=1S/C28H27FN2O6S/c1-28(2)22-7-5-6-8-24(22)31(3)26(28)16-20(32)17-37-27(33)18-9-14-23(29)25(15-18)38(34,35)30-19-10-12-21(36-4)13-11-19/h5-16,30H,17H2,1-4H3. The Balaban J connectivity index is 1.47. The number of ketones is 1. The third kappa shape index (κ3) is 5.26. The molecule has 0 bridgehead atoms. The first-order chi connectivity index (χ1) is 17.9. The van der Waals surface area contributed by atoms with Crippen molar-refractivity contribution >= 4 is 33.2 Å². The molecule has 1 heterocycles. The number of likely N-dealkylation sites (N-methyl/N-ethyl adjacent to an activating group) is 1. The van der Waals surface area contributed by atoms with E-state index in [4.69, 9.17) is 9.47 Å². The highest BCUT2D eigenvalue weighted by Crippen LogP contribution is 2.46. The summed E-state index contributed by atoms with van der Waals surface area (Å²) in [6, 6.07) is 16.6. The number of ether oxygens (including phenoxy) is 2. The summed E-state index contributed by atoms with van der Waals surface area (Å²) in [6.07, 6.45) is 1.44. The molecule has 0 atom stereocenters. The number of nitrogens with zero attached hydrogens (tertiary/aromatic N) is 1. The average Bonchev–Trinajstić information content (AvgIpc) is 3.08. The van der Waals surface area contributed by atoms with Gasteiger partial charge in [-0.05, 0) is 54.1 Å². The molecule has 0 spiro atoms. The fourth-order valence-electron chi connectivity index (χ4n) is 4.38. The van der Waals surface area contributed by atoms with Gasteiger partial charge in [0, 0.05) is 35.6 Å². The lowest BCUT2D eigenvalue weighted by atomic mass is 9.83. The molecule has 198 valence electrons. The molecule has 3 aromatic carbocycles. The first-order valence-corrected chi connectivity index (χ1v) is 13.1. The lowest BCUT2D eigenvalue weighted by Crippen LogP contribution is -2.25. The second kappa shape index (κ2) is 10.3. The minimum atomic E-state index is -4.37. The first-order valence-electron chi connectivity index (χ1n) is 11.7. The molecule has 0 saturated carbocycles. The molecule has 4 rings (SSSR count). The van der Waals surface area contributed by atoms with Crippen LogP contribution in [0.3, 0.4) is 0 Å². The molecule has 38 heavy (non-hydrogen) atoms. The van der Waals surface area contributed by atoms with Crippen molar-refractivity contribution in [3.05, 3.63) is 95.4 Å². The molecule has 0 aromatic heterocycles. The van der Waals surface area contributed by atoms with Gasteiger partial charge in [-0.1, -0.05) is 32.0 Å². The average molecular weight is 539 g/mol. The van der Waals surface area contributed by atoms with Crippen LogP contribution in [-0.2, 0) is 25.0 Å². The predicted octanol–water partition coefficient (Wildman–Crippen LogP) is 4.67. The van der Waals surface area contributed by atoms with Gasteiger partial charge in [-0.25, -0.2) is 17.6 Å². The normalized spacial score (nSPS) is 15.2. The van der Waals surface area contributed by atoms with E-state index in [1.165, 1.54) is 37.5 Å². The van der Waals surface area contributed by atoms with Gasteiger partial charge in [0.2, 0.25) is 0 Å². The minimum absolute atomic E-state index is 0.179. The lowest BCUT2D eigenvalue weighted by molar-refractivity contribution is -0.117. The van der Waals surface area contributed by atoms with Crippen molar-refractivity contribution in [1.29, 1.82) is 0 Å². The summed E-state index contributed by atoms with van der Waals surface area (Å²) in [5.41, 5.74) is 2.34. The van der Waals surface area contributed by atoms with E-state index in [9.17, 15) is 22.4 Å². The molecule has 3 aromatic rings. The summed E-state index contributed by atoms with van der Waals surface area (Å²) in [4.78, 5) is 26.5. The van der Waals surface area contributed by atoms with Crippen molar-refractivity contribution < 1.29 is 31.9 Å². The Labute approximate surface area is 220 Å². The topological polar surface area (TPSA) is 102 Å². The van der Waals surface area contributed by atoms with Crippen LogP contribution in [0.2, 0.25) is 0 Å². The van der Waals surface area contributed by atoms with Gasteiger partial charge in [-0.2, -0.15) is 0 Å². The number of nitrogens with one attached hydrogen (secondary N) is 1. The quantitative estimate of drug-likeness (QED) is 0.328. The second-order valence-electron chi connectivity index (χ2n) is 9.25. The van der Waals surface area contributed by atoms with Gasteiger partial charge in [0.1, 0.15) is 16.5 Å². The van der Waals surface area contributed by atoms with Crippen LogP contribution < -0.4 is 14.4 Å². The lowest BCUT2D eigenvalue weighted by Gasteiger charge is -2.23. The number of rotatable bonds is 8. The Morgan fingerprint density at radius 3 is 2.39 bits per heavy atom. The Morgan fingerprint density at radius 2 is 1.74 bits per heavy atom. The molecule has 0 aliphatic carbocycles. The van der Waals surface area contributed by atoms with Crippen LogP contribution in [0.1, 0.15) is 29.8 Å². The highest BCUT2D eigenvalue weighted by atomic mass is 32.2. The maximum Gasteiger partial charge on any atom is 0.338 e. The Kier molecular flexibility index (Phi) is 7.28. The Bertz CT molecular complexity index is 1530. The van der Waals surface area contributed by atoms with E-state index >= 15 is 0 Å². The summed E-state index contributed by atoms with van der Waals surface area (Å²) in [7, 11) is -1.04. The molecule has 8 nitrogen and oxygen atoms in total. The summed E-state index contributed by atoms with van der Waals surface area (Å²) < 4.78 is 52.5. The third-order valence-corrected chi connectivity index (χ3v) is 7.78. The number of esters is 1. The summed E-state index contributed by atoms with van der Waals surface area (Å²) in [6.45, 7) is 3.44. The zero-order chi connectivity index (χ0) is 27.7. The van der Waals surface area contributed by atoms with E-state index < -0.39 is 44.5 Å². The van der Waals surface area contributed by atoms with Crippen LogP contribution >= 0.6 is 0 Å². The molecule has 0 amide bonds. The molecule has 0 unspecified atom stereocenters. The van der Waals surface area contributed by atoms with E-state index in [0.717, 1.165) is 35.1 Å². The van der Waals surface area contributed by atoms with Crippen molar-refractivity contribution in [2.24, 2.45) is 0 Å². The predicted molar refractivity (Wildman–Crippen MR) is 141 cm³/mol. The number of hydrogen-bond donors (Lipinski definition) is 1. The molecule has 10 heteroatoms. The van der Waals surface area contributed by atoms with Crippen molar-refractivity contribution in [3.63, 3.8) is 0 Å². The van der Waals surface area contributed by atoms with Crippen molar-refractivity contribution in [2.45, 2.75) is 24.2 Å². The maximum atomic E-state index is 14.5. The molecular weight excluding hydrogens is 511 g/mol. The van der Waals surface area contributed by atoms with Crippen LogP contribution in [0.4, 0.5) is 15.8 Å². The largest absolute Gasteiger partial charge is 0.497 e. The number of para-hydroxylation sites is 1. The van der Waals surface area contributed by atoms with Crippen LogP contribution in [0.25, 0.3) is 0 Å². The van der Waals surface area contributed by atoms with Crippen LogP contribution in [-0.4, -0.2) is 40.9 Å². The van der Waals surface area contributed by atoms with Gasteiger partial charge in [0.05, 0.1) is 12.7 Å². The van der Waals surface area contributed by atoms with Gasteiger partial charge in [0.25, 0.3) is 10.0 Å². The second-order valence-corrected chi connectivity index (χ2v) is 10.9. The summed E-state index contributed by atoms with van der Waals surface area (Å²) >= 11 is 0. The Hall–Kier alpha value is -4.18. The number of carbonyl (C=O) groups is 2. The number of hydrogen-bond acceptors (Lipinski definition) is 7. The molecule has 0 saturated heterocycles. The molecule has 1 N–H and O–H groups in total.